The number of nitrogens with zero attached hydrogens (tertiary/aromatic N) is 2. The van der Waals surface area contributed by atoms with Crippen LogP contribution in [0.3, 0.4) is 0 Å². The third-order valence-electron chi connectivity index (χ3n) is 3.53. The summed E-state index contributed by atoms with van der Waals surface area (Å²) in [5.74, 6) is 1.23. The zero-order valence-corrected chi connectivity index (χ0v) is 10.1. The van der Waals surface area contributed by atoms with Crippen molar-refractivity contribution in [1.82, 2.24) is 9.80 Å². The topological polar surface area (TPSA) is 6.48 Å². The molecule has 0 unspecified atom stereocenters. The summed E-state index contributed by atoms with van der Waals surface area (Å²) in [5.41, 5.74) is 0. The minimum Gasteiger partial charge on any atom is -0.300 e. The number of likely N-dealkylation sites (tertiary alicyclic amines) is 2. The maximum Gasteiger partial charge on any atom is 0.0441 e. The van der Waals surface area contributed by atoms with Gasteiger partial charge in [0.05, 0.1) is 0 Å². The zero-order valence-electron chi connectivity index (χ0n) is 9.24. The Balaban J connectivity index is 1.72. The molecule has 2 rings (SSSR count). The highest BCUT2D eigenvalue weighted by Crippen LogP contribution is 2.21. The Kier molecular flexibility index (Phi) is 4.14. The van der Waals surface area contributed by atoms with Gasteiger partial charge in [-0.05, 0) is 45.0 Å². The van der Waals surface area contributed by atoms with E-state index in [0.29, 0.717) is 0 Å². The summed E-state index contributed by atoms with van der Waals surface area (Å²) in [4.78, 5) is 5.31. The smallest absolute Gasteiger partial charge is 0.0441 e. The molecular weight excluding hydrogens is 192 g/mol. The van der Waals surface area contributed by atoms with Crippen molar-refractivity contribution in [2.45, 2.75) is 31.7 Å². The molecule has 0 spiro atoms. The van der Waals surface area contributed by atoms with Gasteiger partial charge < -0.3 is 4.90 Å². The normalized spacial score (nSPS) is 27.2. The van der Waals surface area contributed by atoms with Crippen LogP contribution in [-0.2, 0) is 0 Å². The molecule has 0 aromatic heterocycles. The van der Waals surface area contributed by atoms with Gasteiger partial charge in [0.2, 0.25) is 0 Å². The monoisotopic (exact) mass is 214 g/mol. The van der Waals surface area contributed by atoms with E-state index in [1.807, 2.05) is 11.8 Å². The van der Waals surface area contributed by atoms with Gasteiger partial charge in [-0.2, -0.15) is 0 Å². The number of hydrogen-bond acceptors (Lipinski definition) is 3. The first kappa shape index (κ1) is 10.8. The molecule has 0 aromatic rings. The molecule has 0 saturated carbocycles. The Labute approximate surface area is 92.0 Å². The van der Waals surface area contributed by atoms with Gasteiger partial charge in [-0.15, -0.1) is 11.8 Å². The van der Waals surface area contributed by atoms with Gasteiger partial charge in [-0.25, -0.2) is 0 Å². The molecule has 0 bridgehead atoms. The molecular formula is C11H22N2S. The van der Waals surface area contributed by atoms with Crippen LogP contribution >= 0.6 is 11.8 Å². The van der Waals surface area contributed by atoms with E-state index in [2.05, 4.69) is 16.1 Å². The van der Waals surface area contributed by atoms with Gasteiger partial charge >= 0.3 is 0 Å². The Hall–Kier alpha value is 0.270. The molecule has 2 saturated heterocycles. The van der Waals surface area contributed by atoms with Crippen molar-refractivity contribution in [1.29, 1.82) is 0 Å². The number of hydrogen-bond donors (Lipinski definition) is 0. The highest BCUT2D eigenvalue weighted by Gasteiger charge is 2.25. The SMILES string of the molecule is CSCN1CCC(N2CCCC2)CC1. The van der Waals surface area contributed by atoms with Gasteiger partial charge in [0, 0.05) is 25.0 Å². The van der Waals surface area contributed by atoms with Crippen LogP contribution < -0.4 is 0 Å². The first-order chi connectivity index (χ1) is 6.90. The lowest BCUT2D eigenvalue weighted by atomic mass is 10.0. The molecule has 0 aliphatic carbocycles. The highest BCUT2D eigenvalue weighted by molar-refractivity contribution is 7.98. The standard InChI is InChI=1S/C11H22N2S/c1-14-10-12-8-4-11(5-9-12)13-6-2-3-7-13/h11H,2-10H2,1H3. The summed E-state index contributed by atoms with van der Waals surface area (Å²) in [7, 11) is 0. The van der Waals surface area contributed by atoms with Gasteiger partial charge in [0.1, 0.15) is 0 Å². The summed E-state index contributed by atoms with van der Waals surface area (Å²) in [6, 6.07) is 0.913. The fraction of sp³-hybridized carbons (Fsp3) is 1.00. The van der Waals surface area contributed by atoms with E-state index in [4.69, 9.17) is 0 Å². The van der Waals surface area contributed by atoms with E-state index < -0.39 is 0 Å². The van der Waals surface area contributed by atoms with Crippen LogP contribution in [0.1, 0.15) is 25.7 Å². The minimum atomic E-state index is 0.913. The van der Waals surface area contributed by atoms with Crippen LogP contribution in [0.25, 0.3) is 0 Å². The summed E-state index contributed by atoms with van der Waals surface area (Å²) in [5, 5.41) is 0. The van der Waals surface area contributed by atoms with Crippen molar-refractivity contribution in [3.8, 4) is 0 Å². The lowest BCUT2D eigenvalue weighted by Gasteiger charge is -2.36. The molecule has 2 aliphatic rings. The molecule has 0 N–H and O–H groups in total. The second-order valence-corrected chi connectivity index (χ2v) is 5.35. The Bertz CT molecular complexity index is 161. The number of piperidine rings is 1. The Morgan fingerprint density at radius 1 is 1.07 bits per heavy atom. The molecule has 0 aromatic carbocycles. The summed E-state index contributed by atoms with van der Waals surface area (Å²) in [6.45, 7) is 5.38. The average molecular weight is 214 g/mol. The molecule has 2 heterocycles. The predicted molar refractivity (Wildman–Crippen MR) is 63.8 cm³/mol. The van der Waals surface area contributed by atoms with Crippen LogP contribution in [0.15, 0.2) is 0 Å². The first-order valence-corrected chi connectivity index (χ1v) is 7.25. The van der Waals surface area contributed by atoms with E-state index in [9.17, 15) is 0 Å². The van der Waals surface area contributed by atoms with Crippen LogP contribution in [0, 0.1) is 0 Å². The fourth-order valence-corrected chi connectivity index (χ4v) is 3.33. The molecule has 82 valence electrons. The van der Waals surface area contributed by atoms with Crippen molar-refractivity contribution in [2.24, 2.45) is 0 Å². The predicted octanol–water partition coefficient (Wildman–Crippen LogP) is 1.87. The lowest BCUT2D eigenvalue weighted by Crippen LogP contribution is -2.43. The fourth-order valence-electron chi connectivity index (χ4n) is 2.70. The number of thioether (sulfide) groups is 1. The zero-order chi connectivity index (χ0) is 9.80. The van der Waals surface area contributed by atoms with Crippen molar-refractivity contribution in [2.75, 3.05) is 38.3 Å². The van der Waals surface area contributed by atoms with E-state index >= 15 is 0 Å². The highest BCUT2D eigenvalue weighted by atomic mass is 32.2. The van der Waals surface area contributed by atoms with E-state index in [1.165, 1.54) is 57.7 Å². The van der Waals surface area contributed by atoms with Gasteiger partial charge in [0.15, 0.2) is 0 Å². The van der Waals surface area contributed by atoms with Gasteiger partial charge in [-0.3, -0.25) is 4.90 Å². The molecule has 14 heavy (non-hydrogen) atoms. The van der Waals surface area contributed by atoms with Gasteiger partial charge in [-0.1, -0.05) is 0 Å². The molecule has 0 amide bonds. The van der Waals surface area contributed by atoms with Crippen molar-refractivity contribution in [3.63, 3.8) is 0 Å². The lowest BCUT2D eigenvalue weighted by molar-refractivity contribution is 0.140. The van der Waals surface area contributed by atoms with Crippen molar-refractivity contribution in [3.05, 3.63) is 0 Å². The van der Waals surface area contributed by atoms with E-state index in [1.54, 1.807) is 0 Å². The molecule has 2 nitrogen and oxygen atoms in total. The average Bonchev–Trinajstić information content (AvgIpc) is 2.72. The second kappa shape index (κ2) is 5.38. The van der Waals surface area contributed by atoms with Crippen LogP contribution in [0.4, 0.5) is 0 Å². The third-order valence-corrected chi connectivity index (χ3v) is 4.15. The molecule has 2 fully saturated rings. The Morgan fingerprint density at radius 2 is 1.71 bits per heavy atom. The maximum atomic E-state index is 2.72. The van der Waals surface area contributed by atoms with Crippen LogP contribution in [0.5, 0.6) is 0 Å². The number of rotatable bonds is 3. The van der Waals surface area contributed by atoms with Crippen LogP contribution in [-0.4, -0.2) is 54.2 Å². The summed E-state index contributed by atoms with van der Waals surface area (Å²) in [6.07, 6.45) is 7.88. The Morgan fingerprint density at radius 3 is 2.29 bits per heavy atom. The maximum absolute atomic E-state index is 2.72. The summed E-state index contributed by atoms with van der Waals surface area (Å²) < 4.78 is 0. The first-order valence-electron chi connectivity index (χ1n) is 5.85. The summed E-state index contributed by atoms with van der Waals surface area (Å²) >= 11 is 1.95. The van der Waals surface area contributed by atoms with E-state index in [0.717, 1.165) is 6.04 Å². The van der Waals surface area contributed by atoms with Crippen LogP contribution in [0.2, 0.25) is 0 Å². The largest absolute Gasteiger partial charge is 0.300 e. The third kappa shape index (κ3) is 2.65. The van der Waals surface area contributed by atoms with Crippen molar-refractivity contribution >= 4 is 11.8 Å². The molecule has 2 aliphatic heterocycles. The van der Waals surface area contributed by atoms with Gasteiger partial charge in [0.25, 0.3) is 0 Å². The minimum absolute atomic E-state index is 0.913. The van der Waals surface area contributed by atoms with Crippen molar-refractivity contribution < 1.29 is 0 Å². The molecule has 0 atom stereocenters. The molecule has 3 heteroatoms. The molecule has 0 radical (unpaired) electrons. The second-order valence-electron chi connectivity index (χ2n) is 4.51. The quantitative estimate of drug-likeness (QED) is 0.708. The van der Waals surface area contributed by atoms with E-state index in [-0.39, 0.29) is 0 Å².